The normalized spacial score (nSPS) is 20.6. The highest BCUT2D eigenvalue weighted by molar-refractivity contribution is 5.84. The van der Waals surface area contributed by atoms with Crippen LogP contribution in [0.2, 0.25) is 0 Å². The molecule has 2 aliphatic heterocycles. The van der Waals surface area contributed by atoms with E-state index in [1.54, 1.807) is 7.11 Å². The van der Waals surface area contributed by atoms with Crippen LogP contribution < -0.4 is 4.74 Å². The van der Waals surface area contributed by atoms with Crippen molar-refractivity contribution in [2.24, 2.45) is 11.3 Å². The summed E-state index contributed by atoms with van der Waals surface area (Å²) in [6.45, 7) is 13.9. The Bertz CT molecular complexity index is 856. The van der Waals surface area contributed by atoms with Gasteiger partial charge in [-0.2, -0.15) is 0 Å². The smallest absolute Gasteiger partial charge is 0.227 e. The molecule has 2 amide bonds. The molecule has 1 unspecified atom stereocenters. The number of amides is 2. The van der Waals surface area contributed by atoms with Crippen molar-refractivity contribution in [3.63, 3.8) is 0 Å². The van der Waals surface area contributed by atoms with E-state index in [9.17, 15) is 9.59 Å². The molecule has 1 aromatic heterocycles. The molecule has 0 aliphatic carbocycles. The molecule has 3 rings (SSSR count). The van der Waals surface area contributed by atoms with Crippen LogP contribution in [0.5, 0.6) is 5.75 Å². The molecule has 2 fully saturated rings. The Morgan fingerprint density at radius 3 is 2.42 bits per heavy atom. The molecule has 0 N–H and O–H groups in total. The first-order chi connectivity index (χ1) is 15.5. The zero-order valence-corrected chi connectivity index (χ0v) is 21.6. The van der Waals surface area contributed by atoms with Crippen LogP contribution >= 0.6 is 0 Å². The van der Waals surface area contributed by atoms with Gasteiger partial charge in [-0.25, -0.2) is 0 Å². The van der Waals surface area contributed by atoms with Gasteiger partial charge in [-0.1, -0.05) is 20.8 Å². The maximum absolute atomic E-state index is 13.3. The topological polar surface area (TPSA) is 66.0 Å². The number of rotatable bonds is 5. The Hall–Kier alpha value is -2.15. The summed E-state index contributed by atoms with van der Waals surface area (Å²) in [5.74, 6) is 1.18. The monoisotopic (exact) mass is 458 g/mol. The third kappa shape index (κ3) is 5.86. The number of aromatic nitrogens is 1. The number of carbonyl (C=O) groups is 2. The number of carbonyl (C=O) groups excluding carboxylic acids is 2. The molecule has 7 heteroatoms. The first-order valence-electron chi connectivity index (χ1n) is 12.3. The molecule has 3 heterocycles. The number of likely N-dealkylation sites (tertiary alicyclic amines) is 2. The van der Waals surface area contributed by atoms with Crippen LogP contribution in [0, 0.1) is 25.2 Å². The summed E-state index contributed by atoms with van der Waals surface area (Å²) in [6.07, 6.45) is 5.58. The summed E-state index contributed by atoms with van der Waals surface area (Å²) in [7, 11) is 3.66. The van der Waals surface area contributed by atoms with Gasteiger partial charge < -0.3 is 14.5 Å². The van der Waals surface area contributed by atoms with E-state index in [-0.39, 0.29) is 23.8 Å². The summed E-state index contributed by atoms with van der Waals surface area (Å²) in [5.41, 5.74) is 2.83. The van der Waals surface area contributed by atoms with E-state index in [0.29, 0.717) is 6.54 Å². The van der Waals surface area contributed by atoms with Gasteiger partial charge in [-0.15, -0.1) is 0 Å². The first-order valence-corrected chi connectivity index (χ1v) is 12.3. The van der Waals surface area contributed by atoms with Crippen molar-refractivity contribution in [1.82, 2.24) is 19.7 Å². The van der Waals surface area contributed by atoms with E-state index in [4.69, 9.17) is 4.74 Å². The van der Waals surface area contributed by atoms with E-state index in [1.165, 1.54) is 0 Å². The van der Waals surface area contributed by atoms with Gasteiger partial charge in [0.05, 0.1) is 18.7 Å². The number of hydrogen-bond acceptors (Lipinski definition) is 5. The lowest BCUT2D eigenvalue weighted by molar-refractivity contribution is -0.146. The zero-order chi connectivity index (χ0) is 24.3. The number of aryl methyl sites for hydroxylation is 1. The molecule has 184 valence electrons. The maximum Gasteiger partial charge on any atom is 0.227 e. The van der Waals surface area contributed by atoms with Gasteiger partial charge in [-0.3, -0.25) is 19.5 Å². The van der Waals surface area contributed by atoms with E-state index in [2.05, 4.69) is 16.8 Å². The minimum absolute atomic E-state index is 0.0834. The summed E-state index contributed by atoms with van der Waals surface area (Å²) < 4.78 is 5.55. The second-order valence-electron chi connectivity index (χ2n) is 10.8. The van der Waals surface area contributed by atoms with Crippen molar-refractivity contribution >= 4 is 11.8 Å². The highest BCUT2D eigenvalue weighted by atomic mass is 16.5. The molecule has 7 nitrogen and oxygen atoms in total. The second kappa shape index (κ2) is 10.4. The van der Waals surface area contributed by atoms with Gasteiger partial charge in [0.1, 0.15) is 5.75 Å². The molecule has 2 saturated heterocycles. The van der Waals surface area contributed by atoms with Crippen LogP contribution in [0.1, 0.15) is 63.3 Å². The fraction of sp³-hybridized carbons (Fsp3) is 0.731. The molecule has 0 radical (unpaired) electrons. The van der Waals surface area contributed by atoms with E-state index < -0.39 is 5.41 Å². The number of ether oxygens (including phenoxy) is 1. The SMILES string of the molecule is COc1c(C)cnc(CN2CCC(N(C)C(=O)C3CCCN(C(=O)C(C)(C)C)C3)CC2)c1C. The summed E-state index contributed by atoms with van der Waals surface area (Å²) in [4.78, 5) is 36.9. The standard InChI is InChI=1S/C26H42N4O3/c1-18-15-27-22(19(2)23(18)33-7)17-29-13-10-21(11-14-29)28(6)24(31)20-9-8-12-30(16-20)25(32)26(3,4)5/h15,20-21H,8-14,16-17H2,1-7H3. The van der Waals surface area contributed by atoms with Crippen molar-refractivity contribution in [2.45, 2.75) is 72.9 Å². The summed E-state index contributed by atoms with van der Waals surface area (Å²) in [6, 6.07) is 0.254. The molecular weight excluding hydrogens is 416 g/mol. The molecule has 0 bridgehead atoms. The van der Waals surface area contributed by atoms with Crippen molar-refractivity contribution in [3.05, 3.63) is 23.0 Å². The Morgan fingerprint density at radius 2 is 1.82 bits per heavy atom. The van der Waals surface area contributed by atoms with Gasteiger partial charge in [0.2, 0.25) is 11.8 Å². The highest BCUT2D eigenvalue weighted by Gasteiger charge is 2.36. The second-order valence-corrected chi connectivity index (χ2v) is 10.8. The molecule has 0 spiro atoms. The van der Waals surface area contributed by atoms with Crippen LogP contribution in [-0.2, 0) is 16.1 Å². The van der Waals surface area contributed by atoms with Crippen molar-refractivity contribution in [2.75, 3.05) is 40.3 Å². The van der Waals surface area contributed by atoms with Crippen molar-refractivity contribution in [1.29, 1.82) is 0 Å². The molecule has 1 aromatic rings. The Balaban J connectivity index is 1.54. The quantitative estimate of drug-likeness (QED) is 0.677. The van der Waals surface area contributed by atoms with Crippen LogP contribution in [-0.4, -0.2) is 77.9 Å². The average Bonchev–Trinajstić information content (AvgIpc) is 2.80. The number of nitrogens with zero attached hydrogens (tertiary/aromatic N) is 4. The number of methoxy groups -OCH3 is 1. The minimum Gasteiger partial charge on any atom is -0.496 e. The van der Waals surface area contributed by atoms with Gasteiger partial charge in [0, 0.05) is 68.6 Å². The van der Waals surface area contributed by atoms with E-state index in [1.807, 2.05) is 50.7 Å². The third-order valence-corrected chi connectivity index (χ3v) is 7.28. The molecule has 33 heavy (non-hydrogen) atoms. The molecular formula is C26H42N4O3. The first kappa shape index (κ1) is 25.5. The fourth-order valence-corrected chi connectivity index (χ4v) is 5.21. The zero-order valence-electron chi connectivity index (χ0n) is 21.6. The highest BCUT2D eigenvalue weighted by Crippen LogP contribution is 2.28. The lowest BCUT2D eigenvalue weighted by Gasteiger charge is -2.40. The number of piperidine rings is 2. The van der Waals surface area contributed by atoms with Crippen LogP contribution in [0.25, 0.3) is 0 Å². The van der Waals surface area contributed by atoms with E-state index >= 15 is 0 Å². The van der Waals surface area contributed by atoms with Crippen LogP contribution in [0.4, 0.5) is 0 Å². The predicted octanol–water partition coefficient (Wildman–Crippen LogP) is 3.41. The number of hydrogen-bond donors (Lipinski definition) is 0. The lowest BCUT2D eigenvalue weighted by Crippen LogP contribution is -2.52. The van der Waals surface area contributed by atoms with E-state index in [0.717, 1.165) is 74.4 Å². The van der Waals surface area contributed by atoms with Crippen LogP contribution in [0.3, 0.4) is 0 Å². The largest absolute Gasteiger partial charge is 0.496 e. The molecule has 0 aromatic carbocycles. The molecule has 2 aliphatic rings. The van der Waals surface area contributed by atoms with Crippen molar-refractivity contribution in [3.8, 4) is 5.75 Å². The lowest BCUT2D eigenvalue weighted by atomic mass is 9.90. The van der Waals surface area contributed by atoms with Crippen molar-refractivity contribution < 1.29 is 14.3 Å². The van der Waals surface area contributed by atoms with Crippen LogP contribution in [0.15, 0.2) is 6.20 Å². The summed E-state index contributed by atoms with van der Waals surface area (Å²) >= 11 is 0. The van der Waals surface area contributed by atoms with Gasteiger partial charge >= 0.3 is 0 Å². The minimum atomic E-state index is -0.404. The fourth-order valence-electron chi connectivity index (χ4n) is 5.21. The number of pyridine rings is 1. The predicted molar refractivity (Wildman–Crippen MR) is 130 cm³/mol. The third-order valence-electron chi connectivity index (χ3n) is 7.28. The maximum atomic E-state index is 13.3. The summed E-state index contributed by atoms with van der Waals surface area (Å²) in [5, 5.41) is 0. The molecule has 1 atom stereocenters. The van der Waals surface area contributed by atoms with Gasteiger partial charge in [0.15, 0.2) is 0 Å². The molecule has 0 saturated carbocycles. The Morgan fingerprint density at radius 1 is 1.15 bits per heavy atom. The van der Waals surface area contributed by atoms with Gasteiger partial charge in [-0.05, 0) is 39.5 Å². The van der Waals surface area contributed by atoms with Gasteiger partial charge in [0.25, 0.3) is 0 Å². The Labute approximate surface area is 199 Å². The Kier molecular flexibility index (Phi) is 8.04. The average molecular weight is 459 g/mol.